The first-order chi connectivity index (χ1) is 6.09. The molecule has 0 heterocycles. The molecule has 0 unspecified atom stereocenters. The van der Waals surface area contributed by atoms with Crippen LogP contribution >= 0.6 is 11.6 Å². The van der Waals surface area contributed by atoms with Gasteiger partial charge in [-0.2, -0.15) is 26.3 Å². The van der Waals surface area contributed by atoms with Crippen molar-refractivity contribution in [2.75, 3.05) is 5.88 Å². The fraction of sp³-hybridized carbons (Fsp3) is 0.800. The van der Waals surface area contributed by atoms with Crippen molar-refractivity contribution in [3.63, 3.8) is 0 Å². The Labute approximate surface area is 78.8 Å². The van der Waals surface area contributed by atoms with Crippen molar-refractivity contribution in [2.24, 2.45) is 0 Å². The van der Waals surface area contributed by atoms with Crippen LogP contribution in [0.2, 0.25) is 0 Å². The van der Waals surface area contributed by atoms with Gasteiger partial charge in [0.2, 0.25) is 0 Å². The molecule has 0 bridgehead atoms. The van der Waals surface area contributed by atoms with E-state index in [0.29, 0.717) is 0 Å². The van der Waals surface area contributed by atoms with Crippen molar-refractivity contribution in [3.05, 3.63) is 0 Å². The van der Waals surface area contributed by atoms with Crippen LogP contribution in [0.1, 0.15) is 0 Å². The Morgan fingerprint density at radius 3 is 1.71 bits per heavy atom. The zero-order valence-electron chi connectivity index (χ0n) is 6.25. The summed E-state index contributed by atoms with van der Waals surface area (Å²) in [4.78, 5) is 10.2. The topological polar surface area (TPSA) is 26.3 Å². The Kier molecular flexibility index (Phi) is 4.04. The molecule has 0 rings (SSSR count). The molecule has 0 spiro atoms. The predicted octanol–water partition coefficient (Wildman–Crippen LogP) is 2.26. The highest BCUT2D eigenvalue weighted by Crippen LogP contribution is 2.35. The second kappa shape index (κ2) is 4.24. The maximum absolute atomic E-state index is 11.7. The Balaban J connectivity index is 4.68. The van der Waals surface area contributed by atoms with E-state index in [4.69, 9.17) is 0 Å². The number of hydrogen-bond donors (Lipinski definition) is 0. The normalized spacial score (nSPS) is 13.1. The molecule has 0 radical (unpaired) electrons. The quantitative estimate of drug-likeness (QED) is 0.423. The summed E-state index contributed by atoms with van der Waals surface area (Å²) in [5.41, 5.74) is 0. The number of ether oxygens (including phenoxy) is 1. The number of rotatable bonds is 2. The molecule has 0 N–H and O–H groups in total. The summed E-state index contributed by atoms with van der Waals surface area (Å²) in [7, 11) is 0. The van der Waals surface area contributed by atoms with E-state index >= 15 is 0 Å². The molecule has 14 heavy (non-hydrogen) atoms. The van der Waals surface area contributed by atoms with Gasteiger partial charge in [0.25, 0.3) is 6.10 Å². The van der Waals surface area contributed by atoms with Crippen molar-refractivity contribution in [1.29, 1.82) is 0 Å². The van der Waals surface area contributed by atoms with E-state index in [1.807, 2.05) is 0 Å². The molecule has 9 heteroatoms. The molecule has 0 aliphatic heterocycles. The highest BCUT2D eigenvalue weighted by Gasteiger charge is 2.59. The minimum Gasteiger partial charge on any atom is -0.442 e. The first kappa shape index (κ1) is 13.3. The third kappa shape index (κ3) is 4.03. The van der Waals surface area contributed by atoms with Crippen molar-refractivity contribution in [1.82, 2.24) is 0 Å². The average Bonchev–Trinajstić information content (AvgIpc) is 1.95. The lowest BCUT2D eigenvalue weighted by Gasteiger charge is -2.22. The molecule has 0 aliphatic rings. The van der Waals surface area contributed by atoms with Crippen molar-refractivity contribution >= 4 is 17.6 Å². The fourth-order valence-electron chi connectivity index (χ4n) is 0.482. The van der Waals surface area contributed by atoms with Crippen LogP contribution < -0.4 is 0 Å². The average molecular weight is 245 g/mol. The van der Waals surface area contributed by atoms with E-state index in [-0.39, 0.29) is 0 Å². The van der Waals surface area contributed by atoms with Crippen LogP contribution in [0.15, 0.2) is 0 Å². The number of carbonyl (C=O) groups excluding carboxylic acids is 1. The van der Waals surface area contributed by atoms with Gasteiger partial charge in [-0.3, -0.25) is 4.79 Å². The smallest absolute Gasteiger partial charge is 0.434 e. The zero-order valence-corrected chi connectivity index (χ0v) is 7.00. The molecule has 0 saturated heterocycles. The molecule has 84 valence electrons. The molecule has 0 atom stereocenters. The van der Waals surface area contributed by atoms with Gasteiger partial charge in [0.05, 0.1) is 0 Å². The number of hydrogen-bond acceptors (Lipinski definition) is 2. The summed E-state index contributed by atoms with van der Waals surface area (Å²) in [6.07, 6.45) is -15.5. The molecular weight excluding hydrogens is 241 g/mol. The van der Waals surface area contributed by atoms with Crippen molar-refractivity contribution < 1.29 is 35.9 Å². The number of carbonyl (C=O) groups is 1. The lowest BCUT2D eigenvalue weighted by atomic mass is 10.3. The van der Waals surface area contributed by atoms with Gasteiger partial charge in [0, 0.05) is 0 Å². The van der Waals surface area contributed by atoms with Gasteiger partial charge < -0.3 is 4.74 Å². The van der Waals surface area contributed by atoms with E-state index in [9.17, 15) is 31.1 Å². The molecule has 0 aromatic rings. The van der Waals surface area contributed by atoms with Gasteiger partial charge in [-0.05, 0) is 0 Å². The lowest BCUT2D eigenvalue weighted by Crippen LogP contribution is -2.45. The molecule has 0 amide bonds. The molecule has 0 fully saturated rings. The van der Waals surface area contributed by atoms with Crippen LogP contribution in [0.25, 0.3) is 0 Å². The predicted molar refractivity (Wildman–Crippen MR) is 32.7 cm³/mol. The minimum absolute atomic E-state index is 1.08. The van der Waals surface area contributed by atoms with Gasteiger partial charge in [0.15, 0.2) is 0 Å². The van der Waals surface area contributed by atoms with E-state index in [1.54, 1.807) is 0 Å². The van der Waals surface area contributed by atoms with Crippen molar-refractivity contribution in [2.45, 2.75) is 18.5 Å². The van der Waals surface area contributed by atoms with E-state index in [0.717, 1.165) is 0 Å². The van der Waals surface area contributed by atoms with E-state index < -0.39 is 30.3 Å². The summed E-state index contributed by atoms with van der Waals surface area (Å²) < 4.78 is 73.1. The zero-order chi connectivity index (χ0) is 11.6. The molecule has 0 aromatic heterocycles. The van der Waals surface area contributed by atoms with Crippen LogP contribution in [-0.2, 0) is 9.53 Å². The lowest BCUT2D eigenvalue weighted by molar-refractivity contribution is -0.312. The Hall–Kier alpha value is -0.660. The van der Waals surface area contributed by atoms with Crippen molar-refractivity contribution in [3.8, 4) is 0 Å². The van der Waals surface area contributed by atoms with Gasteiger partial charge in [-0.1, -0.05) is 0 Å². The number of esters is 1. The first-order valence-corrected chi connectivity index (χ1v) is 3.51. The minimum atomic E-state index is -5.69. The molecular formula is C5H3ClF6O2. The van der Waals surface area contributed by atoms with Crippen LogP contribution in [0, 0.1) is 0 Å². The Morgan fingerprint density at radius 2 is 1.50 bits per heavy atom. The van der Waals surface area contributed by atoms with E-state index in [1.165, 1.54) is 0 Å². The third-order valence-corrected chi connectivity index (χ3v) is 1.17. The van der Waals surface area contributed by atoms with Crippen LogP contribution in [-0.4, -0.2) is 30.3 Å². The third-order valence-electron chi connectivity index (χ3n) is 0.953. The SMILES string of the molecule is O=C(CCl)OC(C(F)(F)F)C(F)(F)F. The first-order valence-electron chi connectivity index (χ1n) is 2.98. The summed E-state index contributed by atoms with van der Waals surface area (Å²) in [5.74, 6) is -2.87. The number of halogens is 7. The molecule has 0 aliphatic carbocycles. The second-order valence-electron chi connectivity index (χ2n) is 2.09. The largest absolute Gasteiger partial charge is 0.442 e. The molecule has 2 nitrogen and oxygen atoms in total. The standard InChI is InChI=1S/C5H3ClF6O2/c6-1-2(13)14-3(4(7,8)9)5(10,11)12/h3H,1H2. The summed E-state index contributed by atoms with van der Waals surface area (Å²) in [6, 6.07) is 0. The fourth-order valence-corrected chi connectivity index (χ4v) is 0.545. The van der Waals surface area contributed by atoms with Crippen LogP contribution in [0.4, 0.5) is 26.3 Å². The highest BCUT2D eigenvalue weighted by atomic mass is 35.5. The van der Waals surface area contributed by atoms with Crippen LogP contribution in [0.5, 0.6) is 0 Å². The summed E-state index contributed by atoms with van der Waals surface area (Å²) in [6.45, 7) is 0. The van der Waals surface area contributed by atoms with E-state index in [2.05, 4.69) is 16.3 Å². The Morgan fingerprint density at radius 1 is 1.14 bits per heavy atom. The summed E-state index contributed by atoms with van der Waals surface area (Å²) >= 11 is 4.69. The highest BCUT2D eigenvalue weighted by molar-refractivity contribution is 6.26. The van der Waals surface area contributed by atoms with Gasteiger partial charge in [-0.25, -0.2) is 0 Å². The van der Waals surface area contributed by atoms with Crippen LogP contribution in [0.3, 0.4) is 0 Å². The second-order valence-corrected chi connectivity index (χ2v) is 2.35. The van der Waals surface area contributed by atoms with Gasteiger partial charge in [-0.15, -0.1) is 11.6 Å². The Bertz CT molecular complexity index is 195. The number of alkyl halides is 7. The molecule has 0 aromatic carbocycles. The maximum Gasteiger partial charge on any atom is 0.434 e. The summed E-state index contributed by atoms with van der Waals surface area (Å²) in [5, 5.41) is 0. The monoisotopic (exact) mass is 244 g/mol. The van der Waals surface area contributed by atoms with Gasteiger partial charge in [0.1, 0.15) is 5.88 Å². The maximum atomic E-state index is 11.7. The van der Waals surface area contributed by atoms with Gasteiger partial charge >= 0.3 is 18.3 Å². The molecule has 0 saturated carbocycles.